The Hall–Kier alpha value is -1.25. The second-order valence-electron chi connectivity index (χ2n) is 5.62. The van der Waals surface area contributed by atoms with E-state index in [9.17, 15) is 17.2 Å². The van der Waals surface area contributed by atoms with E-state index in [4.69, 9.17) is 0 Å². The summed E-state index contributed by atoms with van der Waals surface area (Å²) in [6.07, 6.45) is 0.573. The van der Waals surface area contributed by atoms with Gasteiger partial charge in [-0.1, -0.05) is 0 Å². The number of rotatable bonds is 3. The average molecular weight is 333 g/mol. The number of benzene rings is 1. The second kappa shape index (κ2) is 6.47. The Balaban J connectivity index is 2.22. The molecule has 1 aromatic carbocycles. The first-order valence-electron chi connectivity index (χ1n) is 7.12. The lowest BCUT2D eigenvalue weighted by atomic mass is 10.2. The molecule has 2 rings (SSSR count). The maximum Gasteiger partial charge on any atom is 0.281 e. The molecule has 0 amide bonds. The largest absolute Gasteiger partial charge is 0.368 e. The third-order valence-electron chi connectivity index (χ3n) is 3.91. The van der Waals surface area contributed by atoms with Crippen LogP contribution in [0.4, 0.5) is 14.5 Å². The fourth-order valence-corrected chi connectivity index (χ4v) is 3.86. The van der Waals surface area contributed by atoms with Gasteiger partial charge in [-0.05, 0) is 25.5 Å². The van der Waals surface area contributed by atoms with Crippen LogP contribution in [0.3, 0.4) is 0 Å². The third-order valence-corrected chi connectivity index (χ3v) is 5.96. The van der Waals surface area contributed by atoms with E-state index in [1.54, 1.807) is 4.90 Å². The minimum atomic E-state index is -3.51. The molecule has 8 heteroatoms. The molecule has 1 aliphatic heterocycles. The molecular formula is C14H21F2N3O2S. The number of hydrogen-bond donors (Lipinski definition) is 0. The van der Waals surface area contributed by atoms with E-state index in [1.807, 2.05) is 6.92 Å². The van der Waals surface area contributed by atoms with Crippen LogP contribution in [0.2, 0.25) is 0 Å². The molecule has 1 atom stereocenters. The highest BCUT2D eigenvalue weighted by Gasteiger charge is 2.32. The first-order valence-corrected chi connectivity index (χ1v) is 8.52. The molecule has 0 aliphatic carbocycles. The summed E-state index contributed by atoms with van der Waals surface area (Å²) < 4.78 is 54.1. The maximum atomic E-state index is 13.9. The Bertz CT molecular complexity index is 637. The Labute approximate surface area is 130 Å². The Morgan fingerprint density at radius 2 is 1.86 bits per heavy atom. The molecule has 124 valence electrons. The van der Waals surface area contributed by atoms with Gasteiger partial charge in [-0.25, -0.2) is 8.78 Å². The van der Waals surface area contributed by atoms with Crippen molar-refractivity contribution in [3.63, 3.8) is 0 Å². The highest BCUT2D eigenvalue weighted by atomic mass is 32.2. The number of anilines is 1. The van der Waals surface area contributed by atoms with Crippen molar-refractivity contribution in [2.75, 3.05) is 38.6 Å². The van der Waals surface area contributed by atoms with Crippen LogP contribution in [0, 0.1) is 11.6 Å². The first-order chi connectivity index (χ1) is 10.2. The smallest absolute Gasteiger partial charge is 0.281 e. The predicted molar refractivity (Wildman–Crippen MR) is 82.0 cm³/mol. The van der Waals surface area contributed by atoms with E-state index >= 15 is 0 Å². The van der Waals surface area contributed by atoms with Crippen LogP contribution in [0.25, 0.3) is 0 Å². The number of hydrogen-bond acceptors (Lipinski definition) is 3. The topological polar surface area (TPSA) is 43.9 Å². The summed E-state index contributed by atoms with van der Waals surface area (Å²) in [6, 6.07) is 3.27. The standard InChI is InChI=1S/C14H21F2N3O2S/c1-11-6-7-18(14-5-4-12(15)10-13(14)16)8-9-19(11)22(20,21)17(2)3/h4-5,10-11H,6-9H2,1-3H3. The minimum Gasteiger partial charge on any atom is -0.368 e. The van der Waals surface area contributed by atoms with Crippen molar-refractivity contribution in [3.05, 3.63) is 29.8 Å². The van der Waals surface area contributed by atoms with Gasteiger partial charge in [0.2, 0.25) is 0 Å². The van der Waals surface area contributed by atoms with Crippen molar-refractivity contribution in [2.45, 2.75) is 19.4 Å². The first kappa shape index (κ1) is 17.1. The van der Waals surface area contributed by atoms with Crippen LogP contribution in [0.15, 0.2) is 18.2 Å². The van der Waals surface area contributed by atoms with Crippen LogP contribution in [0.5, 0.6) is 0 Å². The van der Waals surface area contributed by atoms with Crippen molar-refractivity contribution in [2.24, 2.45) is 0 Å². The molecule has 0 saturated carbocycles. The van der Waals surface area contributed by atoms with Crippen molar-refractivity contribution in [1.29, 1.82) is 0 Å². The highest BCUT2D eigenvalue weighted by molar-refractivity contribution is 7.86. The van der Waals surface area contributed by atoms with Crippen molar-refractivity contribution in [1.82, 2.24) is 8.61 Å². The lowest BCUT2D eigenvalue weighted by Crippen LogP contribution is -2.45. The molecule has 0 spiro atoms. The molecular weight excluding hydrogens is 312 g/mol. The zero-order valence-electron chi connectivity index (χ0n) is 13.0. The molecule has 1 aliphatic rings. The van der Waals surface area contributed by atoms with E-state index in [1.165, 1.54) is 34.8 Å². The van der Waals surface area contributed by atoms with Crippen LogP contribution in [0.1, 0.15) is 13.3 Å². The van der Waals surface area contributed by atoms with Gasteiger partial charge in [0.1, 0.15) is 11.6 Å². The molecule has 0 bridgehead atoms. The molecule has 0 aromatic heterocycles. The van der Waals surface area contributed by atoms with E-state index in [0.717, 1.165) is 6.07 Å². The Morgan fingerprint density at radius 3 is 2.45 bits per heavy atom. The monoisotopic (exact) mass is 333 g/mol. The number of nitrogens with zero attached hydrogens (tertiary/aromatic N) is 3. The zero-order valence-corrected chi connectivity index (χ0v) is 13.8. The minimum absolute atomic E-state index is 0.180. The van der Waals surface area contributed by atoms with Gasteiger partial charge in [0.05, 0.1) is 5.69 Å². The summed E-state index contributed by atoms with van der Waals surface area (Å²) in [6.45, 7) is 2.98. The quantitative estimate of drug-likeness (QED) is 0.845. The summed E-state index contributed by atoms with van der Waals surface area (Å²) in [5, 5.41) is 0. The van der Waals surface area contributed by atoms with Crippen LogP contribution >= 0.6 is 0 Å². The number of halogens is 2. The molecule has 1 fully saturated rings. The zero-order chi connectivity index (χ0) is 16.5. The van der Waals surface area contributed by atoms with Gasteiger partial charge in [-0.2, -0.15) is 17.0 Å². The van der Waals surface area contributed by atoms with E-state index in [-0.39, 0.29) is 12.6 Å². The lowest BCUT2D eigenvalue weighted by molar-refractivity contribution is 0.325. The lowest BCUT2D eigenvalue weighted by Gasteiger charge is -2.28. The molecule has 1 heterocycles. The summed E-state index contributed by atoms with van der Waals surface area (Å²) >= 11 is 0. The molecule has 22 heavy (non-hydrogen) atoms. The fraction of sp³-hybridized carbons (Fsp3) is 0.571. The molecule has 0 N–H and O–H groups in total. The van der Waals surface area contributed by atoms with Gasteiger partial charge in [0.15, 0.2) is 0 Å². The Morgan fingerprint density at radius 1 is 1.18 bits per heavy atom. The highest BCUT2D eigenvalue weighted by Crippen LogP contribution is 2.24. The van der Waals surface area contributed by atoms with Crippen LogP contribution < -0.4 is 4.90 Å². The van der Waals surface area contributed by atoms with Crippen LogP contribution in [-0.2, 0) is 10.2 Å². The average Bonchev–Trinajstić information content (AvgIpc) is 2.61. The van der Waals surface area contributed by atoms with Crippen molar-refractivity contribution < 1.29 is 17.2 Å². The third kappa shape index (κ3) is 3.39. The van der Waals surface area contributed by atoms with E-state index in [0.29, 0.717) is 25.2 Å². The Kier molecular flexibility index (Phi) is 5.03. The van der Waals surface area contributed by atoms with Gasteiger partial charge < -0.3 is 4.90 Å². The summed E-state index contributed by atoms with van der Waals surface area (Å²) in [7, 11) is -0.528. The molecule has 1 aromatic rings. The molecule has 0 radical (unpaired) electrons. The summed E-state index contributed by atoms with van der Waals surface area (Å²) in [4.78, 5) is 1.76. The van der Waals surface area contributed by atoms with Crippen molar-refractivity contribution in [3.8, 4) is 0 Å². The SMILES string of the molecule is CC1CCN(c2ccc(F)cc2F)CCN1S(=O)(=O)N(C)C. The summed E-state index contributed by atoms with van der Waals surface area (Å²) in [5.74, 6) is -1.25. The van der Waals surface area contributed by atoms with Crippen LogP contribution in [-0.4, -0.2) is 56.8 Å². The van der Waals surface area contributed by atoms with Crippen molar-refractivity contribution >= 4 is 15.9 Å². The second-order valence-corrected chi connectivity index (χ2v) is 7.72. The van der Waals surface area contributed by atoms with Gasteiger partial charge >= 0.3 is 0 Å². The maximum absolute atomic E-state index is 13.9. The van der Waals surface area contributed by atoms with Gasteiger partial charge in [0, 0.05) is 45.8 Å². The molecule has 5 nitrogen and oxygen atoms in total. The molecule has 1 unspecified atom stereocenters. The van der Waals surface area contributed by atoms with Gasteiger partial charge in [0.25, 0.3) is 10.2 Å². The fourth-order valence-electron chi connectivity index (χ4n) is 2.57. The van der Waals surface area contributed by atoms with Gasteiger partial charge in [-0.3, -0.25) is 0 Å². The van der Waals surface area contributed by atoms with E-state index in [2.05, 4.69) is 0 Å². The molecule has 1 saturated heterocycles. The summed E-state index contributed by atoms with van der Waals surface area (Å²) in [5.41, 5.74) is 0.303. The van der Waals surface area contributed by atoms with Gasteiger partial charge in [-0.15, -0.1) is 0 Å². The van der Waals surface area contributed by atoms with E-state index < -0.39 is 21.8 Å². The predicted octanol–water partition coefficient (Wildman–Crippen LogP) is 1.67. The normalized spacial score (nSPS) is 21.2.